The third kappa shape index (κ3) is 3.54. The highest BCUT2D eigenvalue weighted by atomic mass is 19.3. The summed E-state index contributed by atoms with van der Waals surface area (Å²) in [6, 6.07) is 15.1. The summed E-state index contributed by atoms with van der Waals surface area (Å²) in [5.74, 6) is -3.30. The van der Waals surface area contributed by atoms with Crippen molar-refractivity contribution in [2.45, 2.75) is 18.4 Å². The van der Waals surface area contributed by atoms with E-state index in [0.29, 0.717) is 5.69 Å². The molecule has 1 atom stereocenters. The Morgan fingerprint density at radius 3 is 2.58 bits per heavy atom. The first-order chi connectivity index (χ1) is 11.5. The third-order valence-corrected chi connectivity index (χ3v) is 3.91. The van der Waals surface area contributed by atoms with E-state index in [9.17, 15) is 13.6 Å². The quantitative estimate of drug-likeness (QED) is 0.939. The first-order valence-electron chi connectivity index (χ1n) is 7.67. The van der Waals surface area contributed by atoms with Crippen LogP contribution in [0.4, 0.5) is 14.5 Å². The van der Waals surface area contributed by atoms with Crippen LogP contribution in [-0.4, -0.2) is 25.0 Å². The van der Waals surface area contributed by atoms with E-state index in [1.165, 1.54) is 0 Å². The van der Waals surface area contributed by atoms with Crippen LogP contribution in [0.1, 0.15) is 18.0 Å². The molecule has 0 bridgehead atoms. The zero-order valence-corrected chi connectivity index (χ0v) is 13.0. The van der Waals surface area contributed by atoms with Gasteiger partial charge in [0, 0.05) is 12.5 Å². The molecule has 1 unspecified atom stereocenters. The Labute approximate surface area is 138 Å². The fourth-order valence-corrected chi connectivity index (χ4v) is 2.69. The highest BCUT2D eigenvalue weighted by molar-refractivity contribution is 5.95. The van der Waals surface area contributed by atoms with E-state index in [-0.39, 0.29) is 12.2 Å². The van der Waals surface area contributed by atoms with Crippen molar-refractivity contribution < 1.29 is 18.3 Å². The molecule has 0 aromatic heterocycles. The van der Waals surface area contributed by atoms with Crippen molar-refractivity contribution >= 4 is 11.6 Å². The summed E-state index contributed by atoms with van der Waals surface area (Å²) in [7, 11) is 0. The van der Waals surface area contributed by atoms with Gasteiger partial charge < -0.3 is 15.4 Å². The van der Waals surface area contributed by atoms with Crippen molar-refractivity contribution in [3.05, 3.63) is 60.2 Å². The maximum absolute atomic E-state index is 14.0. The topological polar surface area (TPSA) is 55.6 Å². The molecule has 1 aliphatic heterocycles. The molecule has 0 fully saturated rings. The van der Waals surface area contributed by atoms with Crippen LogP contribution in [0.2, 0.25) is 0 Å². The van der Waals surface area contributed by atoms with E-state index < -0.39 is 31.0 Å². The summed E-state index contributed by atoms with van der Waals surface area (Å²) < 4.78 is 33.1. The second-order valence-electron chi connectivity index (χ2n) is 5.81. The number of nitrogens with two attached hydrogens (primary N) is 1. The van der Waals surface area contributed by atoms with Gasteiger partial charge in [-0.05, 0) is 17.7 Å². The molecule has 0 saturated carbocycles. The van der Waals surface area contributed by atoms with E-state index in [1.807, 2.05) is 30.3 Å². The molecule has 4 nitrogen and oxygen atoms in total. The normalized spacial score (nSPS) is 17.4. The minimum Gasteiger partial charge on any atom is -0.485 e. The van der Waals surface area contributed by atoms with E-state index in [0.717, 1.165) is 10.5 Å². The molecule has 24 heavy (non-hydrogen) atoms. The van der Waals surface area contributed by atoms with Crippen LogP contribution in [0, 0.1) is 0 Å². The average Bonchev–Trinajstić information content (AvgIpc) is 2.72. The number of carbonyl (C=O) groups excluding carboxylic acids is 1. The molecule has 0 spiro atoms. The SMILES string of the molecule is NC(CC(=O)N1CC(F)(F)COc2ccccc21)c1ccccc1. The van der Waals surface area contributed by atoms with Crippen molar-refractivity contribution in [2.24, 2.45) is 5.73 Å². The minimum atomic E-state index is -3.12. The molecule has 0 saturated heterocycles. The number of amides is 1. The average molecular weight is 332 g/mol. The van der Waals surface area contributed by atoms with Gasteiger partial charge in [-0.1, -0.05) is 42.5 Å². The van der Waals surface area contributed by atoms with Gasteiger partial charge in [-0.2, -0.15) is 0 Å². The van der Waals surface area contributed by atoms with Crippen molar-refractivity contribution in [3.8, 4) is 5.75 Å². The second kappa shape index (κ2) is 6.57. The third-order valence-electron chi connectivity index (χ3n) is 3.91. The number of rotatable bonds is 3. The number of anilines is 1. The first-order valence-corrected chi connectivity index (χ1v) is 7.67. The lowest BCUT2D eigenvalue weighted by Crippen LogP contribution is -2.42. The molecule has 126 valence electrons. The van der Waals surface area contributed by atoms with Gasteiger partial charge in [0.1, 0.15) is 5.75 Å². The van der Waals surface area contributed by atoms with Crippen LogP contribution in [0.25, 0.3) is 0 Å². The van der Waals surface area contributed by atoms with Gasteiger partial charge in [0.15, 0.2) is 6.61 Å². The van der Waals surface area contributed by atoms with Crippen LogP contribution in [0.15, 0.2) is 54.6 Å². The fourth-order valence-electron chi connectivity index (χ4n) is 2.69. The number of halogens is 2. The summed E-state index contributed by atoms with van der Waals surface area (Å²) in [5, 5.41) is 0. The Hall–Kier alpha value is -2.47. The lowest BCUT2D eigenvalue weighted by Gasteiger charge is -2.25. The van der Waals surface area contributed by atoms with E-state index >= 15 is 0 Å². The number of alkyl halides is 2. The molecule has 2 aromatic rings. The highest BCUT2D eigenvalue weighted by Crippen LogP contribution is 2.35. The van der Waals surface area contributed by atoms with Gasteiger partial charge >= 0.3 is 0 Å². The van der Waals surface area contributed by atoms with E-state index in [2.05, 4.69) is 0 Å². The molecule has 0 aliphatic carbocycles. The molecule has 6 heteroatoms. The molecule has 1 aliphatic rings. The molecule has 1 amide bonds. The molecular formula is C18H18F2N2O2. The summed E-state index contributed by atoms with van der Waals surface area (Å²) in [6.45, 7) is -1.47. The Kier molecular flexibility index (Phi) is 4.49. The Morgan fingerprint density at radius 2 is 1.83 bits per heavy atom. The Bertz CT molecular complexity index is 722. The first kappa shape index (κ1) is 16.4. The summed E-state index contributed by atoms with van der Waals surface area (Å²) in [4.78, 5) is 13.7. The number of fused-ring (bicyclic) bond motifs is 1. The number of nitrogens with zero attached hydrogens (tertiary/aromatic N) is 1. The Morgan fingerprint density at radius 1 is 1.17 bits per heavy atom. The smallest absolute Gasteiger partial charge is 0.298 e. The highest BCUT2D eigenvalue weighted by Gasteiger charge is 2.39. The summed E-state index contributed by atoms with van der Waals surface area (Å²) in [6.07, 6.45) is -0.0611. The van der Waals surface area contributed by atoms with Crippen LogP contribution in [0.5, 0.6) is 5.75 Å². The Balaban J connectivity index is 1.84. The molecule has 0 radical (unpaired) electrons. The lowest BCUT2D eigenvalue weighted by molar-refractivity contribution is -0.120. The molecule has 1 heterocycles. The van der Waals surface area contributed by atoms with Crippen molar-refractivity contribution in [2.75, 3.05) is 18.1 Å². The van der Waals surface area contributed by atoms with E-state index in [1.54, 1.807) is 24.3 Å². The molecular weight excluding hydrogens is 314 g/mol. The van der Waals surface area contributed by atoms with Gasteiger partial charge in [0.05, 0.1) is 12.2 Å². The number of hydrogen-bond donors (Lipinski definition) is 1. The molecule has 2 aromatic carbocycles. The largest absolute Gasteiger partial charge is 0.485 e. The van der Waals surface area contributed by atoms with Gasteiger partial charge in [-0.3, -0.25) is 4.79 Å². The predicted molar refractivity (Wildman–Crippen MR) is 87.2 cm³/mol. The molecule has 2 N–H and O–H groups in total. The number of benzene rings is 2. The second-order valence-corrected chi connectivity index (χ2v) is 5.81. The monoisotopic (exact) mass is 332 g/mol. The van der Waals surface area contributed by atoms with Crippen LogP contribution >= 0.6 is 0 Å². The van der Waals surface area contributed by atoms with Crippen molar-refractivity contribution in [1.29, 1.82) is 0 Å². The molecule has 3 rings (SSSR count). The fraction of sp³-hybridized carbons (Fsp3) is 0.278. The number of para-hydroxylation sites is 2. The van der Waals surface area contributed by atoms with Gasteiger partial charge in [-0.25, -0.2) is 8.78 Å². The standard InChI is InChI=1S/C18H18F2N2O2/c19-18(20)11-22(15-8-4-5-9-16(15)24-12-18)17(23)10-14(21)13-6-2-1-3-7-13/h1-9,14H,10-12,21H2. The zero-order valence-electron chi connectivity index (χ0n) is 13.0. The van der Waals surface area contributed by atoms with Gasteiger partial charge in [0.2, 0.25) is 5.91 Å². The van der Waals surface area contributed by atoms with Crippen LogP contribution in [0.3, 0.4) is 0 Å². The van der Waals surface area contributed by atoms with Gasteiger partial charge in [-0.15, -0.1) is 0 Å². The van der Waals surface area contributed by atoms with E-state index in [4.69, 9.17) is 10.5 Å². The van der Waals surface area contributed by atoms with Crippen molar-refractivity contribution in [1.82, 2.24) is 0 Å². The summed E-state index contributed by atoms with van der Waals surface area (Å²) >= 11 is 0. The van der Waals surface area contributed by atoms with Crippen LogP contribution < -0.4 is 15.4 Å². The van der Waals surface area contributed by atoms with Crippen LogP contribution in [-0.2, 0) is 4.79 Å². The van der Waals surface area contributed by atoms with Crippen molar-refractivity contribution in [3.63, 3.8) is 0 Å². The van der Waals surface area contributed by atoms with Gasteiger partial charge in [0.25, 0.3) is 5.92 Å². The maximum atomic E-state index is 14.0. The zero-order chi connectivity index (χ0) is 17.2. The predicted octanol–water partition coefficient (Wildman–Crippen LogP) is 3.14. The number of ether oxygens (including phenoxy) is 1. The maximum Gasteiger partial charge on any atom is 0.298 e. The lowest BCUT2D eigenvalue weighted by atomic mass is 10.0. The minimum absolute atomic E-state index is 0.0611. The number of hydrogen-bond acceptors (Lipinski definition) is 3. The summed E-state index contributed by atoms with van der Waals surface area (Å²) in [5.41, 5.74) is 7.20. The number of carbonyl (C=O) groups is 1.